The number of hydrogen-bond donors (Lipinski definition) is 1. The predicted molar refractivity (Wildman–Crippen MR) is 69.6 cm³/mol. The number of hydrogen-bond acceptors (Lipinski definition) is 1. The molecule has 0 aliphatic heterocycles. The summed E-state index contributed by atoms with van der Waals surface area (Å²) in [5.74, 6) is 0. The highest BCUT2D eigenvalue weighted by molar-refractivity contribution is 5.28. The molecule has 0 heterocycles. The van der Waals surface area contributed by atoms with E-state index in [9.17, 15) is 0 Å². The van der Waals surface area contributed by atoms with Crippen LogP contribution >= 0.6 is 0 Å². The van der Waals surface area contributed by atoms with Crippen LogP contribution in [0.25, 0.3) is 0 Å². The van der Waals surface area contributed by atoms with Gasteiger partial charge < -0.3 is 5.32 Å². The molecule has 0 amide bonds. The van der Waals surface area contributed by atoms with E-state index >= 15 is 0 Å². The van der Waals surface area contributed by atoms with E-state index in [0.717, 1.165) is 6.54 Å². The van der Waals surface area contributed by atoms with Gasteiger partial charge in [-0.05, 0) is 37.7 Å². The van der Waals surface area contributed by atoms with Crippen molar-refractivity contribution in [1.82, 2.24) is 5.32 Å². The molecule has 0 radical (unpaired) electrons. The van der Waals surface area contributed by atoms with E-state index in [1.807, 2.05) is 0 Å². The van der Waals surface area contributed by atoms with Gasteiger partial charge in [0.05, 0.1) is 0 Å². The van der Waals surface area contributed by atoms with Gasteiger partial charge in [0, 0.05) is 13.1 Å². The smallest absolute Gasteiger partial charge is 0.0205 e. The molecule has 2 rings (SSSR count). The molecule has 0 bridgehead atoms. The lowest BCUT2D eigenvalue weighted by Gasteiger charge is -2.38. The van der Waals surface area contributed by atoms with Gasteiger partial charge in [0.1, 0.15) is 0 Å². The second kappa shape index (κ2) is 4.58. The first-order chi connectivity index (χ1) is 7.57. The second-order valence-electron chi connectivity index (χ2n) is 5.76. The van der Waals surface area contributed by atoms with Crippen molar-refractivity contribution in [3.63, 3.8) is 0 Å². The summed E-state index contributed by atoms with van der Waals surface area (Å²) in [5, 5.41) is 3.60. The molecule has 1 nitrogen and oxygen atoms in total. The lowest BCUT2D eigenvalue weighted by molar-refractivity contribution is 0.156. The summed E-state index contributed by atoms with van der Waals surface area (Å²) in [4.78, 5) is 0. The third kappa shape index (κ3) is 2.85. The number of benzene rings is 1. The molecule has 0 aromatic heterocycles. The van der Waals surface area contributed by atoms with Gasteiger partial charge in [-0.1, -0.05) is 42.7 Å². The van der Waals surface area contributed by atoms with E-state index in [2.05, 4.69) is 44.3 Å². The van der Waals surface area contributed by atoms with Crippen molar-refractivity contribution < 1.29 is 0 Å². The van der Waals surface area contributed by atoms with Crippen molar-refractivity contribution in [3.8, 4) is 0 Å². The van der Waals surface area contributed by atoms with Crippen molar-refractivity contribution in [3.05, 3.63) is 34.9 Å². The van der Waals surface area contributed by atoms with Gasteiger partial charge >= 0.3 is 0 Å². The maximum atomic E-state index is 3.60. The minimum absolute atomic E-state index is 0.582. The van der Waals surface area contributed by atoms with Gasteiger partial charge in [0.15, 0.2) is 0 Å². The predicted octanol–water partition coefficient (Wildman–Crippen LogP) is 3.58. The van der Waals surface area contributed by atoms with E-state index in [1.54, 1.807) is 0 Å². The third-order valence-corrected chi connectivity index (χ3v) is 3.72. The SMILES string of the molecule is Cc1cc(C)cc(CNCC2(C)CCC2)c1. The molecule has 0 spiro atoms. The van der Waals surface area contributed by atoms with E-state index in [1.165, 1.54) is 42.5 Å². The van der Waals surface area contributed by atoms with Gasteiger partial charge in [-0.3, -0.25) is 0 Å². The van der Waals surface area contributed by atoms with Crippen LogP contribution in [0.2, 0.25) is 0 Å². The standard InChI is InChI=1S/C15H23N/c1-12-7-13(2)9-14(8-12)10-16-11-15(3)5-4-6-15/h7-9,16H,4-6,10-11H2,1-3H3. The Hall–Kier alpha value is -0.820. The van der Waals surface area contributed by atoms with Crippen LogP contribution in [0.5, 0.6) is 0 Å². The van der Waals surface area contributed by atoms with Crippen LogP contribution in [-0.2, 0) is 6.54 Å². The summed E-state index contributed by atoms with van der Waals surface area (Å²) in [6.07, 6.45) is 4.21. The molecule has 1 N–H and O–H groups in total. The average molecular weight is 217 g/mol. The Morgan fingerprint density at radius 1 is 1.12 bits per heavy atom. The quantitative estimate of drug-likeness (QED) is 0.813. The van der Waals surface area contributed by atoms with E-state index < -0.39 is 0 Å². The molecule has 0 unspecified atom stereocenters. The van der Waals surface area contributed by atoms with E-state index in [0.29, 0.717) is 5.41 Å². The summed E-state index contributed by atoms with van der Waals surface area (Å²) < 4.78 is 0. The molecule has 1 aliphatic carbocycles. The highest BCUT2D eigenvalue weighted by Crippen LogP contribution is 2.39. The average Bonchev–Trinajstić information content (AvgIpc) is 2.13. The summed E-state index contributed by atoms with van der Waals surface area (Å²) >= 11 is 0. The van der Waals surface area contributed by atoms with Crippen LogP contribution in [0.3, 0.4) is 0 Å². The molecule has 88 valence electrons. The fourth-order valence-electron chi connectivity index (χ4n) is 2.64. The summed E-state index contributed by atoms with van der Waals surface area (Å²) in [5.41, 5.74) is 4.73. The molecule has 0 atom stereocenters. The maximum absolute atomic E-state index is 3.60. The van der Waals surface area contributed by atoms with Gasteiger partial charge in [0.2, 0.25) is 0 Å². The first-order valence-electron chi connectivity index (χ1n) is 6.35. The highest BCUT2D eigenvalue weighted by Gasteiger charge is 2.30. The van der Waals surface area contributed by atoms with E-state index in [-0.39, 0.29) is 0 Å². The Labute approximate surface area is 99.3 Å². The van der Waals surface area contributed by atoms with Crippen LogP contribution < -0.4 is 5.32 Å². The molecule has 1 aromatic carbocycles. The van der Waals surface area contributed by atoms with Crippen LogP contribution in [0, 0.1) is 19.3 Å². The Balaban J connectivity index is 1.84. The van der Waals surface area contributed by atoms with Crippen LogP contribution in [0.15, 0.2) is 18.2 Å². The third-order valence-electron chi connectivity index (χ3n) is 3.72. The number of rotatable bonds is 4. The topological polar surface area (TPSA) is 12.0 Å². The van der Waals surface area contributed by atoms with Crippen molar-refractivity contribution in [2.24, 2.45) is 5.41 Å². The zero-order valence-corrected chi connectivity index (χ0v) is 10.8. The first-order valence-corrected chi connectivity index (χ1v) is 6.35. The minimum Gasteiger partial charge on any atom is -0.312 e. The molecule has 1 aromatic rings. The van der Waals surface area contributed by atoms with E-state index in [4.69, 9.17) is 0 Å². The largest absolute Gasteiger partial charge is 0.312 e. The van der Waals surface area contributed by atoms with Crippen LogP contribution in [-0.4, -0.2) is 6.54 Å². The summed E-state index contributed by atoms with van der Waals surface area (Å²) in [6.45, 7) is 8.91. The van der Waals surface area contributed by atoms with Gasteiger partial charge in [-0.15, -0.1) is 0 Å². The molecule has 1 fully saturated rings. The van der Waals surface area contributed by atoms with Gasteiger partial charge in [-0.2, -0.15) is 0 Å². The molecular formula is C15H23N. The lowest BCUT2D eigenvalue weighted by atomic mass is 9.70. The normalized spacial score (nSPS) is 18.2. The summed E-state index contributed by atoms with van der Waals surface area (Å²) in [6, 6.07) is 6.79. The van der Waals surface area contributed by atoms with Crippen molar-refractivity contribution >= 4 is 0 Å². The Morgan fingerprint density at radius 3 is 2.25 bits per heavy atom. The fraction of sp³-hybridized carbons (Fsp3) is 0.600. The number of aryl methyl sites for hydroxylation is 2. The van der Waals surface area contributed by atoms with Crippen molar-refractivity contribution in [2.45, 2.75) is 46.6 Å². The van der Waals surface area contributed by atoms with Crippen molar-refractivity contribution in [1.29, 1.82) is 0 Å². The van der Waals surface area contributed by atoms with Gasteiger partial charge in [-0.25, -0.2) is 0 Å². The molecule has 1 aliphatic rings. The summed E-state index contributed by atoms with van der Waals surface area (Å²) in [7, 11) is 0. The Morgan fingerprint density at radius 2 is 1.75 bits per heavy atom. The molecule has 1 saturated carbocycles. The lowest BCUT2D eigenvalue weighted by Crippen LogP contribution is -2.36. The molecule has 0 saturated heterocycles. The van der Waals surface area contributed by atoms with Crippen LogP contribution in [0.1, 0.15) is 42.9 Å². The fourth-order valence-corrected chi connectivity index (χ4v) is 2.64. The molecule has 16 heavy (non-hydrogen) atoms. The molecule has 1 heteroatoms. The maximum Gasteiger partial charge on any atom is 0.0205 e. The zero-order chi connectivity index (χ0) is 11.6. The second-order valence-corrected chi connectivity index (χ2v) is 5.76. The van der Waals surface area contributed by atoms with Crippen LogP contribution in [0.4, 0.5) is 0 Å². The minimum atomic E-state index is 0.582. The van der Waals surface area contributed by atoms with Gasteiger partial charge in [0.25, 0.3) is 0 Å². The Bertz CT molecular complexity index is 343. The zero-order valence-electron chi connectivity index (χ0n) is 10.8. The monoisotopic (exact) mass is 217 g/mol. The number of nitrogens with one attached hydrogen (secondary N) is 1. The highest BCUT2D eigenvalue weighted by atomic mass is 14.9. The first kappa shape index (κ1) is 11.7. The molecular weight excluding hydrogens is 194 g/mol. The Kier molecular flexibility index (Phi) is 3.34. The van der Waals surface area contributed by atoms with Crippen molar-refractivity contribution in [2.75, 3.05) is 6.54 Å².